The molecule has 14 heavy (non-hydrogen) atoms. The van der Waals surface area contributed by atoms with Crippen LogP contribution in [0, 0.1) is 17.3 Å². The van der Waals surface area contributed by atoms with E-state index in [0.717, 1.165) is 18.4 Å². The van der Waals surface area contributed by atoms with Gasteiger partial charge in [0.25, 0.3) is 0 Å². The predicted octanol–water partition coefficient (Wildman–Crippen LogP) is 3.33. The van der Waals surface area contributed by atoms with Crippen molar-refractivity contribution in [2.24, 2.45) is 23.0 Å². The highest BCUT2D eigenvalue weighted by Crippen LogP contribution is 2.51. The molecule has 0 spiro atoms. The maximum absolute atomic E-state index is 5.84. The number of hydrogen-bond donors (Lipinski definition) is 1. The molecule has 0 radical (unpaired) electrons. The minimum atomic E-state index is 0.615. The molecular formula is C13H25N. The van der Waals surface area contributed by atoms with Crippen molar-refractivity contribution in [2.45, 2.75) is 58.3 Å². The van der Waals surface area contributed by atoms with Crippen LogP contribution < -0.4 is 5.73 Å². The number of nitrogens with two attached hydrogens (primary N) is 1. The second-order valence-electron chi connectivity index (χ2n) is 5.70. The van der Waals surface area contributed by atoms with Gasteiger partial charge in [-0.05, 0) is 43.1 Å². The van der Waals surface area contributed by atoms with Crippen molar-refractivity contribution in [3.8, 4) is 0 Å². The number of hydrogen-bond acceptors (Lipinski definition) is 1. The van der Waals surface area contributed by atoms with Gasteiger partial charge in [0.2, 0.25) is 0 Å². The zero-order valence-electron chi connectivity index (χ0n) is 9.60. The standard InChI is InChI=1S/C13H25N/c1-2-11-3-5-12(6-4-11)9-13(10-14)7-8-13/h11-12H,2-10,14H2,1H3. The van der Waals surface area contributed by atoms with Crippen molar-refractivity contribution in [3.63, 3.8) is 0 Å². The van der Waals surface area contributed by atoms with E-state index in [0.29, 0.717) is 5.41 Å². The monoisotopic (exact) mass is 195 g/mol. The summed E-state index contributed by atoms with van der Waals surface area (Å²) in [4.78, 5) is 0. The summed E-state index contributed by atoms with van der Waals surface area (Å²) in [5.41, 5.74) is 6.45. The minimum absolute atomic E-state index is 0.615. The topological polar surface area (TPSA) is 26.0 Å². The van der Waals surface area contributed by atoms with E-state index in [4.69, 9.17) is 5.73 Å². The van der Waals surface area contributed by atoms with Crippen LogP contribution in [0.1, 0.15) is 58.3 Å². The largest absolute Gasteiger partial charge is 0.330 e. The van der Waals surface area contributed by atoms with E-state index in [9.17, 15) is 0 Å². The molecule has 0 bridgehead atoms. The van der Waals surface area contributed by atoms with Gasteiger partial charge in [-0.2, -0.15) is 0 Å². The molecule has 1 nitrogen and oxygen atoms in total. The Morgan fingerprint density at radius 2 is 1.64 bits per heavy atom. The fourth-order valence-corrected chi connectivity index (χ4v) is 3.12. The summed E-state index contributed by atoms with van der Waals surface area (Å²) in [5.74, 6) is 2.06. The molecule has 0 atom stereocenters. The van der Waals surface area contributed by atoms with E-state index in [-0.39, 0.29) is 0 Å². The average Bonchev–Trinajstić information content (AvgIpc) is 3.00. The lowest BCUT2D eigenvalue weighted by Crippen LogP contribution is -2.22. The van der Waals surface area contributed by atoms with Crippen molar-refractivity contribution in [2.75, 3.05) is 6.54 Å². The van der Waals surface area contributed by atoms with E-state index in [1.54, 1.807) is 0 Å². The molecular weight excluding hydrogens is 170 g/mol. The molecule has 0 aromatic rings. The van der Waals surface area contributed by atoms with Gasteiger partial charge in [-0.1, -0.05) is 39.0 Å². The minimum Gasteiger partial charge on any atom is -0.330 e. The third kappa shape index (κ3) is 2.31. The Morgan fingerprint density at radius 1 is 1.07 bits per heavy atom. The molecule has 2 fully saturated rings. The molecule has 0 heterocycles. The molecule has 0 aromatic carbocycles. The third-order valence-corrected chi connectivity index (χ3v) is 4.66. The molecule has 0 unspecified atom stereocenters. The molecule has 0 aromatic heterocycles. The van der Waals surface area contributed by atoms with E-state index in [1.807, 2.05) is 0 Å². The molecule has 82 valence electrons. The summed E-state index contributed by atoms with van der Waals surface area (Å²) in [7, 11) is 0. The summed E-state index contributed by atoms with van der Waals surface area (Å²) in [6, 6.07) is 0. The first-order chi connectivity index (χ1) is 6.78. The summed E-state index contributed by atoms with van der Waals surface area (Å²) >= 11 is 0. The summed E-state index contributed by atoms with van der Waals surface area (Å²) in [6.45, 7) is 3.29. The van der Waals surface area contributed by atoms with Crippen molar-refractivity contribution in [3.05, 3.63) is 0 Å². The summed E-state index contributed by atoms with van der Waals surface area (Å²) in [6.07, 6.45) is 11.6. The van der Waals surface area contributed by atoms with E-state index >= 15 is 0 Å². The Morgan fingerprint density at radius 3 is 2.07 bits per heavy atom. The van der Waals surface area contributed by atoms with Gasteiger partial charge in [-0.25, -0.2) is 0 Å². The maximum atomic E-state index is 5.84. The van der Waals surface area contributed by atoms with Gasteiger partial charge in [-0.15, -0.1) is 0 Å². The van der Waals surface area contributed by atoms with Gasteiger partial charge in [0, 0.05) is 0 Å². The van der Waals surface area contributed by atoms with E-state index in [1.165, 1.54) is 51.4 Å². The molecule has 2 aliphatic rings. The van der Waals surface area contributed by atoms with Crippen molar-refractivity contribution in [1.82, 2.24) is 0 Å². The van der Waals surface area contributed by atoms with Gasteiger partial charge >= 0.3 is 0 Å². The van der Waals surface area contributed by atoms with Crippen LogP contribution in [0.15, 0.2) is 0 Å². The Bertz CT molecular complexity index is 176. The van der Waals surface area contributed by atoms with E-state index in [2.05, 4.69) is 6.92 Å². The first kappa shape index (κ1) is 10.5. The SMILES string of the molecule is CCC1CCC(CC2(CN)CC2)CC1. The lowest BCUT2D eigenvalue weighted by molar-refractivity contribution is 0.226. The zero-order valence-corrected chi connectivity index (χ0v) is 9.60. The first-order valence-electron chi connectivity index (χ1n) is 6.48. The van der Waals surface area contributed by atoms with Gasteiger partial charge in [0.05, 0.1) is 0 Å². The van der Waals surface area contributed by atoms with Crippen LogP contribution in [0.4, 0.5) is 0 Å². The third-order valence-electron chi connectivity index (χ3n) is 4.66. The van der Waals surface area contributed by atoms with Crippen LogP contribution in [-0.4, -0.2) is 6.54 Å². The Kier molecular flexibility index (Phi) is 3.16. The van der Waals surface area contributed by atoms with Crippen LogP contribution in [-0.2, 0) is 0 Å². The van der Waals surface area contributed by atoms with Crippen molar-refractivity contribution in [1.29, 1.82) is 0 Å². The number of rotatable bonds is 4. The lowest BCUT2D eigenvalue weighted by Gasteiger charge is -2.30. The van der Waals surface area contributed by atoms with Gasteiger partial charge in [0.15, 0.2) is 0 Å². The Balaban J connectivity index is 1.73. The lowest BCUT2D eigenvalue weighted by atomic mass is 9.76. The highest BCUT2D eigenvalue weighted by atomic mass is 14.7. The van der Waals surface area contributed by atoms with Crippen LogP contribution in [0.25, 0.3) is 0 Å². The second-order valence-corrected chi connectivity index (χ2v) is 5.70. The average molecular weight is 195 g/mol. The maximum Gasteiger partial charge on any atom is -0.00204 e. The molecule has 2 N–H and O–H groups in total. The van der Waals surface area contributed by atoms with Gasteiger partial charge in [0.1, 0.15) is 0 Å². The zero-order chi connectivity index (χ0) is 10.0. The van der Waals surface area contributed by atoms with Gasteiger partial charge < -0.3 is 5.73 Å². The van der Waals surface area contributed by atoms with E-state index < -0.39 is 0 Å². The highest BCUT2D eigenvalue weighted by molar-refractivity contribution is 4.95. The molecule has 2 rings (SSSR count). The highest BCUT2D eigenvalue weighted by Gasteiger charge is 2.42. The van der Waals surface area contributed by atoms with Gasteiger partial charge in [-0.3, -0.25) is 0 Å². The predicted molar refractivity (Wildman–Crippen MR) is 61.1 cm³/mol. The molecule has 2 saturated carbocycles. The fourth-order valence-electron chi connectivity index (χ4n) is 3.12. The van der Waals surface area contributed by atoms with Crippen molar-refractivity contribution >= 4 is 0 Å². The molecule has 0 saturated heterocycles. The van der Waals surface area contributed by atoms with Crippen LogP contribution in [0.3, 0.4) is 0 Å². The molecule has 0 aliphatic heterocycles. The Labute approximate surface area is 88.4 Å². The molecule has 1 heteroatoms. The molecule has 0 amide bonds. The smallest absolute Gasteiger partial charge is 0.00204 e. The normalized spacial score (nSPS) is 35.6. The van der Waals surface area contributed by atoms with Crippen LogP contribution in [0.5, 0.6) is 0 Å². The first-order valence-corrected chi connectivity index (χ1v) is 6.48. The summed E-state index contributed by atoms with van der Waals surface area (Å²) < 4.78 is 0. The second kappa shape index (κ2) is 4.22. The summed E-state index contributed by atoms with van der Waals surface area (Å²) in [5, 5.41) is 0. The van der Waals surface area contributed by atoms with Crippen LogP contribution >= 0.6 is 0 Å². The molecule has 2 aliphatic carbocycles. The quantitative estimate of drug-likeness (QED) is 0.731. The van der Waals surface area contributed by atoms with Crippen LogP contribution in [0.2, 0.25) is 0 Å². The van der Waals surface area contributed by atoms with Crippen molar-refractivity contribution < 1.29 is 0 Å². The fraction of sp³-hybridized carbons (Fsp3) is 1.00. The Hall–Kier alpha value is -0.0400.